The quantitative estimate of drug-likeness (QED) is 0.761. The van der Waals surface area contributed by atoms with Crippen molar-refractivity contribution >= 4 is 23.7 Å². The zero-order valence-corrected chi connectivity index (χ0v) is 8.95. The van der Waals surface area contributed by atoms with Crippen molar-refractivity contribution in [2.24, 2.45) is 4.99 Å². The van der Waals surface area contributed by atoms with Crippen LogP contribution in [0.2, 0.25) is 5.02 Å². The number of phenolic OH excluding ortho intramolecular Hbond substituents is 1. The minimum absolute atomic E-state index is 0.0302. The van der Waals surface area contributed by atoms with E-state index >= 15 is 0 Å². The lowest BCUT2D eigenvalue weighted by Gasteiger charge is -1.98. The van der Waals surface area contributed by atoms with Gasteiger partial charge in [-0.2, -0.15) is 0 Å². The second-order valence-corrected chi connectivity index (χ2v) is 3.28. The second kappa shape index (κ2) is 5.36. The fraction of sp³-hybridized carbons (Fsp3) is 0.200. The Morgan fingerprint density at radius 1 is 1.67 bits per heavy atom. The highest BCUT2D eigenvalue weighted by molar-refractivity contribution is 6.30. The van der Waals surface area contributed by atoms with Crippen molar-refractivity contribution < 1.29 is 9.90 Å². The first kappa shape index (κ1) is 11.5. The Kier molecular flexibility index (Phi) is 4.12. The van der Waals surface area contributed by atoms with Gasteiger partial charge in [-0.25, -0.2) is 0 Å². The minimum Gasteiger partial charge on any atom is -0.507 e. The van der Waals surface area contributed by atoms with E-state index in [0.717, 1.165) is 0 Å². The van der Waals surface area contributed by atoms with Gasteiger partial charge in [0.15, 0.2) is 0 Å². The summed E-state index contributed by atoms with van der Waals surface area (Å²) < 4.78 is 0. The molecule has 1 rings (SSSR count). The molecule has 0 unspecified atom stereocenters. The molecular weight excluding hydrogens is 216 g/mol. The third kappa shape index (κ3) is 3.59. The molecule has 2 N–H and O–H groups in total. The molecule has 0 heterocycles. The molecule has 1 aromatic rings. The maximum Gasteiger partial charge on any atom is 0.241 e. The van der Waals surface area contributed by atoms with Crippen molar-refractivity contribution in [3.05, 3.63) is 28.8 Å². The summed E-state index contributed by atoms with van der Waals surface area (Å²) in [5.41, 5.74) is 0.492. The van der Waals surface area contributed by atoms with Crippen LogP contribution < -0.4 is 5.32 Å². The summed E-state index contributed by atoms with van der Waals surface area (Å²) in [5.74, 6) is -0.104. The maximum atomic E-state index is 10.8. The number of hydrogen-bond donors (Lipinski definition) is 2. The van der Waals surface area contributed by atoms with Crippen molar-refractivity contribution in [3.63, 3.8) is 0 Å². The van der Waals surface area contributed by atoms with Gasteiger partial charge in [-0.05, 0) is 18.2 Å². The van der Waals surface area contributed by atoms with Crippen LogP contribution in [0.4, 0.5) is 0 Å². The predicted octanol–water partition coefficient (Wildman–Crippen LogP) is 1.21. The van der Waals surface area contributed by atoms with Crippen molar-refractivity contribution in [1.82, 2.24) is 5.32 Å². The summed E-state index contributed by atoms with van der Waals surface area (Å²) in [6.07, 6.45) is 1.41. The molecule has 0 aliphatic heterocycles. The third-order valence-corrected chi connectivity index (χ3v) is 1.97. The average molecular weight is 227 g/mol. The summed E-state index contributed by atoms with van der Waals surface area (Å²) in [6, 6.07) is 4.63. The molecule has 5 heteroatoms. The predicted molar refractivity (Wildman–Crippen MR) is 59.6 cm³/mol. The van der Waals surface area contributed by atoms with E-state index in [0.29, 0.717) is 10.6 Å². The molecule has 80 valence electrons. The van der Waals surface area contributed by atoms with Gasteiger partial charge in [0.25, 0.3) is 0 Å². The van der Waals surface area contributed by atoms with E-state index in [-0.39, 0.29) is 18.2 Å². The van der Waals surface area contributed by atoms with Gasteiger partial charge < -0.3 is 10.4 Å². The second-order valence-electron chi connectivity index (χ2n) is 2.85. The molecule has 0 saturated carbocycles. The Balaban J connectivity index is 2.71. The first-order valence-electron chi connectivity index (χ1n) is 4.32. The number of amides is 1. The normalized spacial score (nSPS) is 10.5. The SMILES string of the molecule is CNC(=O)CN=Cc1cc(Cl)ccc1O. The van der Waals surface area contributed by atoms with Gasteiger partial charge in [-0.1, -0.05) is 11.6 Å². The largest absolute Gasteiger partial charge is 0.507 e. The molecule has 0 bridgehead atoms. The smallest absolute Gasteiger partial charge is 0.241 e. The molecule has 0 saturated heterocycles. The highest BCUT2D eigenvalue weighted by Gasteiger charge is 1.99. The molecule has 1 amide bonds. The molecule has 0 aromatic heterocycles. The van der Waals surface area contributed by atoms with E-state index in [9.17, 15) is 9.90 Å². The third-order valence-electron chi connectivity index (χ3n) is 1.73. The topological polar surface area (TPSA) is 61.7 Å². The van der Waals surface area contributed by atoms with E-state index in [2.05, 4.69) is 10.3 Å². The van der Waals surface area contributed by atoms with Gasteiger partial charge in [0.2, 0.25) is 5.91 Å². The van der Waals surface area contributed by atoms with Gasteiger partial charge in [0.1, 0.15) is 12.3 Å². The highest BCUT2D eigenvalue weighted by Crippen LogP contribution is 2.19. The summed E-state index contributed by atoms with van der Waals surface area (Å²) in [4.78, 5) is 14.7. The molecule has 0 fully saturated rings. The van der Waals surface area contributed by atoms with Crippen LogP contribution in [-0.2, 0) is 4.79 Å². The van der Waals surface area contributed by atoms with Crippen LogP contribution >= 0.6 is 11.6 Å². The molecule has 0 spiro atoms. The van der Waals surface area contributed by atoms with Crippen LogP contribution in [0.3, 0.4) is 0 Å². The van der Waals surface area contributed by atoms with E-state index in [1.54, 1.807) is 12.1 Å². The van der Waals surface area contributed by atoms with Gasteiger partial charge in [-0.15, -0.1) is 0 Å². The Labute approximate surface area is 92.6 Å². The summed E-state index contributed by atoms with van der Waals surface area (Å²) in [7, 11) is 1.54. The fourth-order valence-electron chi connectivity index (χ4n) is 0.935. The molecular formula is C10H11ClN2O2. The van der Waals surface area contributed by atoms with E-state index in [4.69, 9.17) is 11.6 Å². The molecule has 0 radical (unpaired) electrons. The van der Waals surface area contributed by atoms with Crippen LogP contribution in [0, 0.1) is 0 Å². The van der Waals surface area contributed by atoms with Crippen molar-refractivity contribution in [1.29, 1.82) is 0 Å². The zero-order valence-electron chi connectivity index (χ0n) is 8.20. The summed E-state index contributed by atoms with van der Waals surface area (Å²) in [6.45, 7) is 0.0302. The Morgan fingerprint density at radius 2 is 2.40 bits per heavy atom. The number of halogens is 1. The number of rotatable bonds is 3. The maximum absolute atomic E-state index is 10.8. The molecule has 0 atom stereocenters. The number of aromatic hydroxyl groups is 1. The van der Waals surface area contributed by atoms with Crippen LogP contribution in [0.5, 0.6) is 5.75 Å². The average Bonchev–Trinajstić information content (AvgIpc) is 2.23. The number of aliphatic imine (C=N–C) groups is 1. The number of nitrogens with one attached hydrogen (secondary N) is 1. The van der Waals surface area contributed by atoms with Crippen LogP contribution in [0.1, 0.15) is 5.56 Å². The van der Waals surface area contributed by atoms with Crippen LogP contribution in [0.15, 0.2) is 23.2 Å². The molecule has 0 aliphatic carbocycles. The standard InChI is InChI=1S/C10H11ClN2O2/c1-12-10(15)6-13-5-7-4-8(11)2-3-9(7)14/h2-5,14H,6H2,1H3,(H,12,15). The number of hydrogen-bond acceptors (Lipinski definition) is 3. The number of carbonyl (C=O) groups is 1. The van der Waals surface area contributed by atoms with E-state index in [1.165, 1.54) is 19.3 Å². The van der Waals surface area contributed by atoms with Crippen molar-refractivity contribution in [2.75, 3.05) is 13.6 Å². The first-order valence-corrected chi connectivity index (χ1v) is 4.70. The lowest BCUT2D eigenvalue weighted by molar-refractivity contribution is -0.119. The van der Waals surface area contributed by atoms with Crippen molar-refractivity contribution in [3.8, 4) is 5.75 Å². The summed E-state index contributed by atoms with van der Waals surface area (Å²) in [5, 5.41) is 12.4. The lowest BCUT2D eigenvalue weighted by atomic mass is 10.2. The molecule has 4 nitrogen and oxygen atoms in total. The number of carbonyl (C=O) groups excluding carboxylic acids is 1. The number of phenols is 1. The Bertz CT molecular complexity index is 391. The van der Waals surface area contributed by atoms with Crippen LogP contribution in [0.25, 0.3) is 0 Å². The molecule has 0 aliphatic rings. The van der Waals surface area contributed by atoms with Gasteiger partial charge in [0.05, 0.1) is 0 Å². The van der Waals surface area contributed by atoms with Crippen molar-refractivity contribution in [2.45, 2.75) is 0 Å². The van der Waals surface area contributed by atoms with Gasteiger partial charge in [-0.3, -0.25) is 9.79 Å². The number of benzene rings is 1. The van der Waals surface area contributed by atoms with E-state index < -0.39 is 0 Å². The number of likely N-dealkylation sites (N-methyl/N-ethyl adjacent to an activating group) is 1. The van der Waals surface area contributed by atoms with Gasteiger partial charge in [0, 0.05) is 23.8 Å². The summed E-state index contributed by atoms with van der Waals surface area (Å²) >= 11 is 5.73. The number of nitrogens with zero attached hydrogens (tertiary/aromatic N) is 1. The Morgan fingerprint density at radius 3 is 3.07 bits per heavy atom. The minimum atomic E-state index is -0.187. The Hall–Kier alpha value is -1.55. The zero-order chi connectivity index (χ0) is 11.3. The monoisotopic (exact) mass is 226 g/mol. The van der Waals surface area contributed by atoms with Gasteiger partial charge >= 0.3 is 0 Å². The van der Waals surface area contributed by atoms with Crippen LogP contribution in [-0.4, -0.2) is 30.8 Å². The molecule has 1 aromatic carbocycles. The first-order chi connectivity index (χ1) is 7.13. The van der Waals surface area contributed by atoms with E-state index in [1.807, 2.05) is 0 Å². The lowest BCUT2D eigenvalue weighted by Crippen LogP contribution is -2.20. The highest BCUT2D eigenvalue weighted by atomic mass is 35.5. The molecule has 15 heavy (non-hydrogen) atoms. The fourth-order valence-corrected chi connectivity index (χ4v) is 1.12.